The van der Waals surface area contributed by atoms with Crippen LogP contribution in [0.15, 0.2) is 65.5 Å². The van der Waals surface area contributed by atoms with Gasteiger partial charge in [-0.05, 0) is 87.2 Å². The highest BCUT2D eigenvalue weighted by molar-refractivity contribution is 14.1. The molecule has 156 valence electrons. The average molecular weight is 661 g/mol. The number of fused-ring (bicyclic) bond motifs is 3. The van der Waals surface area contributed by atoms with Gasteiger partial charge in [-0.2, -0.15) is 5.26 Å². The number of thiazole rings is 1. The fourth-order valence-corrected chi connectivity index (χ4v) is 6.58. The number of rotatable bonds is 4. The summed E-state index contributed by atoms with van der Waals surface area (Å²) in [4.78, 5) is 18.3. The fraction of sp³-hybridized carbons (Fsp3) is 0.0417. The molecule has 5 aromatic rings. The molecule has 8 heteroatoms. The largest absolute Gasteiger partial charge is 0.487 e. The number of hydrogen-bond acceptors (Lipinski definition) is 5. The molecule has 32 heavy (non-hydrogen) atoms. The van der Waals surface area contributed by atoms with Gasteiger partial charge in [0, 0.05) is 5.56 Å². The zero-order valence-electron chi connectivity index (χ0n) is 16.4. The van der Waals surface area contributed by atoms with E-state index in [4.69, 9.17) is 4.74 Å². The molecule has 0 spiro atoms. The summed E-state index contributed by atoms with van der Waals surface area (Å²) in [5.74, 6) is 0.769. The summed E-state index contributed by atoms with van der Waals surface area (Å²) < 4.78 is 10.2. The predicted octanol–water partition coefficient (Wildman–Crippen LogP) is 5.12. The normalized spacial score (nSPS) is 11.8. The number of nitriles is 1. The number of para-hydroxylation sites is 2. The highest BCUT2D eigenvalue weighted by atomic mass is 127. The second kappa shape index (κ2) is 8.80. The zero-order chi connectivity index (χ0) is 22.2. The molecule has 5 rings (SSSR count). The lowest BCUT2D eigenvalue weighted by Crippen LogP contribution is -2.22. The highest BCUT2D eigenvalue weighted by Crippen LogP contribution is 2.30. The Hall–Kier alpha value is -2.49. The molecule has 0 amide bonds. The third-order valence-electron chi connectivity index (χ3n) is 4.97. The minimum atomic E-state index is -0.0582. The van der Waals surface area contributed by atoms with Crippen molar-refractivity contribution in [2.45, 2.75) is 6.61 Å². The first-order chi connectivity index (χ1) is 15.5. The van der Waals surface area contributed by atoms with Gasteiger partial charge < -0.3 is 4.74 Å². The molecule has 0 aliphatic rings. The summed E-state index contributed by atoms with van der Waals surface area (Å²) in [5.41, 5.74) is 3.98. The fourth-order valence-electron chi connectivity index (χ4n) is 3.47. The van der Waals surface area contributed by atoms with Crippen LogP contribution in [-0.4, -0.2) is 9.38 Å². The number of halogens is 2. The van der Waals surface area contributed by atoms with Crippen LogP contribution in [0.3, 0.4) is 0 Å². The quantitative estimate of drug-likeness (QED) is 0.251. The van der Waals surface area contributed by atoms with Gasteiger partial charge in [-0.15, -0.1) is 0 Å². The van der Waals surface area contributed by atoms with Crippen molar-refractivity contribution >= 4 is 78.6 Å². The van der Waals surface area contributed by atoms with Crippen molar-refractivity contribution in [3.8, 4) is 11.8 Å². The smallest absolute Gasteiger partial charge is 0.274 e. The van der Waals surface area contributed by atoms with E-state index in [1.807, 2.05) is 60.7 Å². The third kappa shape index (κ3) is 3.89. The van der Waals surface area contributed by atoms with Gasteiger partial charge in [0.2, 0.25) is 0 Å². The van der Waals surface area contributed by atoms with Crippen LogP contribution >= 0.6 is 56.5 Å². The van der Waals surface area contributed by atoms with Crippen LogP contribution in [0.25, 0.3) is 22.1 Å². The lowest BCUT2D eigenvalue weighted by Gasteiger charge is -2.12. The van der Waals surface area contributed by atoms with Gasteiger partial charge in [0.25, 0.3) is 5.56 Å². The molecule has 5 nitrogen and oxygen atoms in total. The lowest BCUT2D eigenvalue weighted by molar-refractivity contribution is 0.301. The second-order valence-electron chi connectivity index (χ2n) is 7.01. The molecule has 0 unspecified atom stereocenters. The second-order valence-corrected chi connectivity index (χ2v) is 10.3. The van der Waals surface area contributed by atoms with Crippen molar-refractivity contribution < 1.29 is 4.74 Å². The van der Waals surface area contributed by atoms with Gasteiger partial charge in [-0.25, -0.2) is 9.38 Å². The van der Waals surface area contributed by atoms with Crippen LogP contribution in [0.4, 0.5) is 0 Å². The number of hydrogen-bond donors (Lipinski definition) is 0. The van der Waals surface area contributed by atoms with Crippen LogP contribution in [0.1, 0.15) is 16.7 Å². The molecule has 0 aliphatic heterocycles. The first kappa shape index (κ1) is 21.4. The molecule has 0 bridgehead atoms. The molecule has 0 fully saturated rings. The van der Waals surface area contributed by atoms with Gasteiger partial charge in [-0.1, -0.05) is 41.7 Å². The van der Waals surface area contributed by atoms with Crippen LogP contribution in [0.5, 0.6) is 5.75 Å². The van der Waals surface area contributed by atoms with Gasteiger partial charge in [0.05, 0.1) is 34.3 Å². The van der Waals surface area contributed by atoms with Crippen molar-refractivity contribution in [1.82, 2.24) is 9.38 Å². The average Bonchev–Trinajstić information content (AvgIpc) is 3.29. The van der Waals surface area contributed by atoms with Crippen LogP contribution < -0.4 is 14.8 Å². The van der Waals surface area contributed by atoms with Crippen LogP contribution in [0, 0.1) is 18.5 Å². The summed E-state index contributed by atoms with van der Waals surface area (Å²) >= 11 is 5.87. The summed E-state index contributed by atoms with van der Waals surface area (Å²) in [6, 6.07) is 21.3. The number of benzene rings is 3. The molecular formula is C24H13I2N3O2S. The van der Waals surface area contributed by atoms with Gasteiger partial charge >= 0.3 is 0 Å². The van der Waals surface area contributed by atoms with E-state index in [1.165, 1.54) is 11.3 Å². The Labute approximate surface area is 214 Å². The number of imidazole rings is 1. The van der Waals surface area contributed by atoms with E-state index in [9.17, 15) is 10.1 Å². The third-order valence-corrected chi connectivity index (χ3v) is 7.54. The highest BCUT2D eigenvalue weighted by Gasteiger charge is 2.13. The van der Waals surface area contributed by atoms with Crippen LogP contribution in [0.2, 0.25) is 0 Å². The maximum Gasteiger partial charge on any atom is 0.274 e. The van der Waals surface area contributed by atoms with E-state index < -0.39 is 0 Å². The standard InChI is InChI=1S/C24H13I2N3O2S/c25-17-9-14(10-18(26)22(17)31-13-16-6-2-1-5-15(16)12-27)11-21-23(30)29-20-8-4-3-7-19(20)28-24(29)32-21/h1-11H,13H2/b21-11-. The molecule has 2 aromatic heterocycles. The molecule has 2 heterocycles. The van der Waals surface area contributed by atoms with Gasteiger partial charge in [-0.3, -0.25) is 4.79 Å². The molecule has 3 aromatic carbocycles. The minimum Gasteiger partial charge on any atom is -0.487 e. The Balaban J connectivity index is 1.49. The molecule has 0 aliphatic carbocycles. The van der Waals surface area contributed by atoms with Crippen molar-refractivity contribution in [2.75, 3.05) is 0 Å². The Morgan fingerprint density at radius 3 is 2.59 bits per heavy atom. The Morgan fingerprint density at radius 1 is 1.09 bits per heavy atom. The maximum atomic E-state index is 13.0. The number of ether oxygens (including phenoxy) is 1. The lowest BCUT2D eigenvalue weighted by atomic mass is 10.1. The van der Waals surface area contributed by atoms with Crippen molar-refractivity contribution in [3.05, 3.63) is 99.4 Å². The molecule has 0 radical (unpaired) electrons. The first-order valence-corrected chi connectivity index (χ1v) is 12.5. The predicted molar refractivity (Wildman–Crippen MR) is 143 cm³/mol. The Morgan fingerprint density at radius 2 is 1.81 bits per heavy atom. The Kier molecular flexibility index (Phi) is 5.88. The van der Waals surface area contributed by atoms with E-state index in [2.05, 4.69) is 56.2 Å². The molecule has 0 atom stereocenters. The van der Waals surface area contributed by atoms with Crippen molar-refractivity contribution in [1.29, 1.82) is 5.26 Å². The molecular weight excluding hydrogens is 648 g/mol. The topological polar surface area (TPSA) is 67.4 Å². The van der Waals surface area contributed by atoms with Gasteiger partial charge in [0.15, 0.2) is 4.96 Å². The monoisotopic (exact) mass is 661 g/mol. The van der Waals surface area contributed by atoms with E-state index in [1.54, 1.807) is 10.5 Å². The van der Waals surface area contributed by atoms with Crippen molar-refractivity contribution in [3.63, 3.8) is 0 Å². The zero-order valence-corrected chi connectivity index (χ0v) is 21.5. The number of nitrogens with zero attached hydrogens (tertiary/aromatic N) is 3. The molecule has 0 saturated heterocycles. The first-order valence-electron chi connectivity index (χ1n) is 9.57. The summed E-state index contributed by atoms with van der Waals surface area (Å²) in [6.07, 6.45) is 1.90. The van der Waals surface area contributed by atoms with Gasteiger partial charge in [0.1, 0.15) is 12.4 Å². The summed E-state index contributed by atoms with van der Waals surface area (Å²) in [5, 5.41) is 9.28. The Bertz CT molecular complexity index is 1630. The summed E-state index contributed by atoms with van der Waals surface area (Å²) in [6.45, 7) is 0.318. The van der Waals surface area contributed by atoms with Crippen LogP contribution in [-0.2, 0) is 6.61 Å². The van der Waals surface area contributed by atoms with E-state index in [-0.39, 0.29) is 5.56 Å². The van der Waals surface area contributed by atoms with E-state index in [0.717, 1.165) is 35.1 Å². The molecule has 0 N–H and O–H groups in total. The maximum absolute atomic E-state index is 13.0. The van der Waals surface area contributed by atoms with E-state index >= 15 is 0 Å². The minimum absolute atomic E-state index is 0.0582. The number of aromatic nitrogens is 2. The van der Waals surface area contributed by atoms with Crippen molar-refractivity contribution in [2.24, 2.45) is 0 Å². The van der Waals surface area contributed by atoms with E-state index in [0.29, 0.717) is 21.7 Å². The summed E-state index contributed by atoms with van der Waals surface area (Å²) in [7, 11) is 0. The SMILES string of the molecule is N#Cc1ccccc1COc1c(I)cc(/C=c2\sc3nc4ccccc4n3c2=O)cc1I. The molecule has 0 saturated carbocycles.